The number of nitrogens with one attached hydrogen (secondary N) is 2. The molecule has 1 aromatic heterocycles. The molecule has 0 unspecified atom stereocenters. The second-order valence-electron chi connectivity index (χ2n) is 3.59. The number of rotatable bonds is 3. The number of sulfonamides is 1. The topological polar surface area (TPSA) is 74.8 Å². The van der Waals surface area contributed by atoms with E-state index in [1.807, 2.05) is 0 Å². The fourth-order valence-corrected chi connectivity index (χ4v) is 2.75. The highest BCUT2D eigenvalue weighted by Gasteiger charge is 2.20. The number of nitrogens with zero attached hydrogens (tertiary/aromatic N) is 1. The molecule has 0 aliphatic carbocycles. The highest BCUT2D eigenvalue weighted by molar-refractivity contribution is 7.92. The van der Waals surface area contributed by atoms with Gasteiger partial charge in [-0.15, -0.1) is 0 Å². The lowest BCUT2D eigenvalue weighted by molar-refractivity contribution is 0.598. The Morgan fingerprint density at radius 2 is 2.17 bits per heavy atom. The molecule has 1 aromatic carbocycles. The third kappa shape index (κ3) is 2.46. The predicted octanol–water partition coefficient (Wildman–Crippen LogP) is 2.31. The first-order chi connectivity index (χ1) is 8.40. The zero-order valence-electron chi connectivity index (χ0n) is 9.24. The second kappa shape index (κ2) is 4.58. The molecule has 0 saturated heterocycles. The molecular weight excluding hydrogens is 281 g/mol. The highest BCUT2D eigenvalue weighted by Crippen LogP contribution is 2.22. The van der Waals surface area contributed by atoms with E-state index in [-0.39, 0.29) is 15.6 Å². The van der Waals surface area contributed by atoms with Crippen LogP contribution in [0, 0.1) is 12.7 Å². The molecule has 0 radical (unpaired) electrons. The van der Waals surface area contributed by atoms with Gasteiger partial charge in [-0.25, -0.2) is 12.8 Å². The largest absolute Gasteiger partial charge is 0.281 e. The summed E-state index contributed by atoms with van der Waals surface area (Å²) in [6, 6.07) is 3.68. The van der Waals surface area contributed by atoms with Crippen LogP contribution in [-0.2, 0) is 10.0 Å². The number of aryl methyl sites for hydroxylation is 1. The highest BCUT2D eigenvalue weighted by atomic mass is 35.5. The number of hydrogen-bond acceptors (Lipinski definition) is 3. The number of aromatic amines is 1. The van der Waals surface area contributed by atoms with Crippen LogP contribution in [0.5, 0.6) is 0 Å². The first-order valence-corrected chi connectivity index (χ1v) is 6.74. The molecule has 0 amide bonds. The van der Waals surface area contributed by atoms with Crippen molar-refractivity contribution in [3.63, 3.8) is 0 Å². The summed E-state index contributed by atoms with van der Waals surface area (Å²) in [6.07, 6.45) is 1.16. The van der Waals surface area contributed by atoms with Gasteiger partial charge in [-0.05, 0) is 25.1 Å². The lowest BCUT2D eigenvalue weighted by Gasteiger charge is -2.08. The van der Waals surface area contributed by atoms with Crippen molar-refractivity contribution in [1.29, 1.82) is 0 Å². The number of halogens is 2. The maximum atomic E-state index is 13.5. The maximum absolute atomic E-state index is 13.5. The SMILES string of the molecule is Cc1[nH]ncc1S(=O)(=O)Nc1ccc(Cl)cc1F. The smallest absolute Gasteiger partial charge is 0.265 e. The summed E-state index contributed by atoms with van der Waals surface area (Å²) in [5.74, 6) is -0.743. The molecule has 0 spiro atoms. The summed E-state index contributed by atoms with van der Waals surface area (Å²) in [6.45, 7) is 1.56. The molecule has 8 heteroatoms. The minimum absolute atomic E-state index is 0.0307. The number of anilines is 1. The molecule has 2 N–H and O–H groups in total. The van der Waals surface area contributed by atoms with Gasteiger partial charge in [0.1, 0.15) is 10.7 Å². The van der Waals surface area contributed by atoms with Crippen molar-refractivity contribution >= 4 is 27.3 Å². The van der Waals surface area contributed by atoms with Crippen molar-refractivity contribution in [3.8, 4) is 0 Å². The van der Waals surface area contributed by atoms with E-state index in [1.165, 1.54) is 12.1 Å². The molecule has 0 fully saturated rings. The van der Waals surface area contributed by atoms with Gasteiger partial charge in [0.05, 0.1) is 17.6 Å². The van der Waals surface area contributed by atoms with Gasteiger partial charge in [0.25, 0.3) is 10.0 Å². The van der Waals surface area contributed by atoms with E-state index in [0.717, 1.165) is 12.3 Å². The van der Waals surface area contributed by atoms with Crippen LogP contribution in [0.15, 0.2) is 29.3 Å². The normalized spacial score (nSPS) is 11.5. The van der Waals surface area contributed by atoms with Crippen molar-refractivity contribution in [2.45, 2.75) is 11.8 Å². The van der Waals surface area contributed by atoms with Crippen LogP contribution in [0.25, 0.3) is 0 Å². The fraction of sp³-hybridized carbons (Fsp3) is 0.100. The van der Waals surface area contributed by atoms with Crippen molar-refractivity contribution in [3.05, 3.63) is 40.9 Å². The molecule has 18 heavy (non-hydrogen) atoms. The fourth-order valence-electron chi connectivity index (χ4n) is 1.38. The van der Waals surface area contributed by atoms with Crippen LogP contribution in [-0.4, -0.2) is 18.6 Å². The monoisotopic (exact) mass is 289 g/mol. The Morgan fingerprint density at radius 1 is 1.44 bits per heavy atom. The first kappa shape index (κ1) is 12.8. The van der Waals surface area contributed by atoms with E-state index in [9.17, 15) is 12.8 Å². The van der Waals surface area contributed by atoms with E-state index in [0.29, 0.717) is 5.69 Å². The van der Waals surface area contributed by atoms with Gasteiger partial charge in [-0.2, -0.15) is 5.10 Å². The summed E-state index contributed by atoms with van der Waals surface area (Å²) < 4.78 is 39.5. The van der Waals surface area contributed by atoms with E-state index < -0.39 is 15.8 Å². The minimum atomic E-state index is -3.86. The van der Waals surface area contributed by atoms with Crippen molar-refractivity contribution in [1.82, 2.24) is 10.2 Å². The Balaban J connectivity index is 2.37. The van der Waals surface area contributed by atoms with E-state index in [2.05, 4.69) is 14.9 Å². The zero-order valence-corrected chi connectivity index (χ0v) is 10.8. The molecule has 5 nitrogen and oxygen atoms in total. The lowest BCUT2D eigenvalue weighted by Crippen LogP contribution is -2.14. The third-order valence-electron chi connectivity index (χ3n) is 2.25. The Labute approximate surface area is 108 Å². The van der Waals surface area contributed by atoms with Crippen LogP contribution in [0.2, 0.25) is 5.02 Å². The molecule has 0 saturated carbocycles. The van der Waals surface area contributed by atoms with Crippen molar-refractivity contribution < 1.29 is 12.8 Å². The van der Waals surface area contributed by atoms with Gasteiger partial charge in [-0.3, -0.25) is 9.82 Å². The van der Waals surface area contributed by atoms with Gasteiger partial charge in [0, 0.05) is 5.02 Å². The molecule has 2 aromatic rings. The Kier molecular flexibility index (Phi) is 3.27. The zero-order chi connectivity index (χ0) is 13.3. The standard InChI is InChI=1S/C10H9ClFN3O2S/c1-6-10(5-13-14-6)18(16,17)15-9-3-2-7(11)4-8(9)12/h2-5,15H,1H3,(H,13,14). The van der Waals surface area contributed by atoms with Gasteiger partial charge >= 0.3 is 0 Å². The molecular formula is C10H9ClFN3O2S. The molecule has 1 heterocycles. The summed E-state index contributed by atoms with van der Waals surface area (Å²) in [7, 11) is -3.86. The molecule has 0 aliphatic rings. The molecule has 96 valence electrons. The summed E-state index contributed by atoms with van der Waals surface area (Å²) >= 11 is 5.58. The lowest BCUT2D eigenvalue weighted by atomic mass is 10.3. The van der Waals surface area contributed by atoms with Gasteiger partial charge in [0.15, 0.2) is 0 Å². The van der Waals surface area contributed by atoms with Crippen LogP contribution in [0.3, 0.4) is 0 Å². The van der Waals surface area contributed by atoms with Crippen molar-refractivity contribution in [2.75, 3.05) is 4.72 Å². The Hall–Kier alpha value is -1.60. The number of aromatic nitrogens is 2. The van der Waals surface area contributed by atoms with Crippen LogP contribution in [0.1, 0.15) is 5.69 Å². The second-order valence-corrected chi connectivity index (χ2v) is 5.68. The van der Waals surface area contributed by atoms with Crippen LogP contribution >= 0.6 is 11.6 Å². The first-order valence-electron chi connectivity index (χ1n) is 4.88. The van der Waals surface area contributed by atoms with Crippen LogP contribution in [0.4, 0.5) is 10.1 Å². The molecule has 0 bridgehead atoms. The molecule has 0 aliphatic heterocycles. The van der Waals surface area contributed by atoms with Gasteiger partial charge < -0.3 is 0 Å². The van der Waals surface area contributed by atoms with Crippen LogP contribution < -0.4 is 4.72 Å². The summed E-state index contributed by atoms with van der Waals surface area (Å²) in [4.78, 5) is -0.0307. The Morgan fingerprint density at radius 3 is 2.72 bits per heavy atom. The van der Waals surface area contributed by atoms with Gasteiger partial charge in [-0.1, -0.05) is 11.6 Å². The summed E-state index contributed by atoms with van der Waals surface area (Å²) in [5, 5.41) is 6.30. The quantitative estimate of drug-likeness (QED) is 0.910. The average molecular weight is 290 g/mol. The van der Waals surface area contributed by atoms with E-state index >= 15 is 0 Å². The average Bonchev–Trinajstić information content (AvgIpc) is 2.69. The summed E-state index contributed by atoms with van der Waals surface area (Å²) in [5.41, 5.74) is 0.205. The maximum Gasteiger partial charge on any atom is 0.265 e. The van der Waals surface area contributed by atoms with E-state index in [4.69, 9.17) is 11.6 Å². The third-order valence-corrected chi connectivity index (χ3v) is 3.96. The number of benzene rings is 1. The number of hydrogen-bond donors (Lipinski definition) is 2. The Bertz CT molecular complexity index is 684. The number of H-pyrrole nitrogens is 1. The van der Waals surface area contributed by atoms with Crippen molar-refractivity contribution in [2.24, 2.45) is 0 Å². The predicted molar refractivity (Wildman–Crippen MR) is 65.5 cm³/mol. The van der Waals surface area contributed by atoms with E-state index in [1.54, 1.807) is 6.92 Å². The molecule has 2 rings (SSSR count). The molecule has 0 atom stereocenters. The van der Waals surface area contributed by atoms with Gasteiger partial charge in [0.2, 0.25) is 0 Å². The minimum Gasteiger partial charge on any atom is -0.281 e.